The first-order valence-corrected chi connectivity index (χ1v) is 5.87. The summed E-state index contributed by atoms with van der Waals surface area (Å²) in [6, 6.07) is 2.94. The first-order chi connectivity index (χ1) is 7.56. The Morgan fingerprint density at radius 1 is 1.56 bits per heavy atom. The van der Waals surface area contributed by atoms with Crippen molar-refractivity contribution in [2.45, 2.75) is 0 Å². The van der Waals surface area contributed by atoms with Crippen LogP contribution in [0.4, 0.5) is 10.1 Å². The van der Waals surface area contributed by atoms with Crippen molar-refractivity contribution in [1.29, 1.82) is 0 Å². The topological polar surface area (TPSA) is 72.2 Å². The smallest absolute Gasteiger partial charge is 0.272 e. The van der Waals surface area contributed by atoms with Crippen LogP contribution in [0.2, 0.25) is 0 Å². The van der Waals surface area contributed by atoms with Crippen LogP contribution >= 0.6 is 22.6 Å². The molecule has 0 unspecified atom stereocenters. The molecule has 1 rings (SSSR count). The fraction of sp³-hybridized carbons (Fsp3) is 0.222. The predicted molar refractivity (Wildman–Crippen MR) is 64.3 cm³/mol. The van der Waals surface area contributed by atoms with Crippen molar-refractivity contribution in [3.8, 4) is 0 Å². The first-order valence-electron chi connectivity index (χ1n) is 4.34. The minimum Gasteiger partial charge on any atom is -0.351 e. The number of carbonyl (C=O) groups is 1. The second-order valence-corrected chi connectivity index (χ2v) is 3.94. The second kappa shape index (κ2) is 5.73. The molecule has 0 bridgehead atoms. The molecule has 1 amide bonds. The third-order valence-corrected chi connectivity index (χ3v) is 2.33. The number of nitrogens with one attached hydrogen (secondary N) is 1. The van der Waals surface area contributed by atoms with Crippen molar-refractivity contribution in [3.63, 3.8) is 0 Å². The van der Waals surface area contributed by atoms with Gasteiger partial charge in [-0.1, -0.05) is 22.6 Å². The Balaban J connectivity index is 2.90. The van der Waals surface area contributed by atoms with Gasteiger partial charge in [0.15, 0.2) is 0 Å². The second-order valence-electron chi connectivity index (χ2n) is 2.87. The SMILES string of the molecule is O=C(NCCI)c1ccc([N+](=O)[O-])cc1F. The average molecular weight is 338 g/mol. The number of halogens is 2. The van der Waals surface area contributed by atoms with Crippen LogP contribution in [0.5, 0.6) is 0 Å². The maximum Gasteiger partial charge on any atom is 0.272 e. The molecule has 0 saturated carbocycles. The highest BCUT2D eigenvalue weighted by Gasteiger charge is 2.15. The Labute approximate surface area is 104 Å². The zero-order valence-corrected chi connectivity index (χ0v) is 10.2. The van der Waals surface area contributed by atoms with Gasteiger partial charge in [-0.2, -0.15) is 0 Å². The van der Waals surface area contributed by atoms with Crippen LogP contribution in [0.3, 0.4) is 0 Å². The number of hydrogen-bond acceptors (Lipinski definition) is 3. The van der Waals surface area contributed by atoms with Gasteiger partial charge < -0.3 is 5.32 Å². The van der Waals surface area contributed by atoms with E-state index in [-0.39, 0.29) is 11.3 Å². The van der Waals surface area contributed by atoms with E-state index in [0.29, 0.717) is 11.0 Å². The van der Waals surface area contributed by atoms with Crippen LogP contribution in [-0.2, 0) is 0 Å². The number of nitrogens with zero attached hydrogens (tertiary/aromatic N) is 1. The molecule has 0 radical (unpaired) electrons. The van der Waals surface area contributed by atoms with E-state index in [1.807, 2.05) is 0 Å². The molecule has 1 aromatic carbocycles. The van der Waals surface area contributed by atoms with Crippen LogP contribution in [-0.4, -0.2) is 21.8 Å². The van der Waals surface area contributed by atoms with E-state index in [0.717, 1.165) is 18.2 Å². The maximum absolute atomic E-state index is 13.3. The molecule has 5 nitrogen and oxygen atoms in total. The fourth-order valence-corrected chi connectivity index (χ4v) is 1.33. The highest BCUT2D eigenvalue weighted by molar-refractivity contribution is 14.1. The summed E-state index contributed by atoms with van der Waals surface area (Å²) in [6.07, 6.45) is 0. The molecule has 0 aliphatic rings. The van der Waals surface area contributed by atoms with Crippen molar-refractivity contribution in [2.24, 2.45) is 0 Å². The largest absolute Gasteiger partial charge is 0.351 e. The minimum atomic E-state index is -0.889. The Kier molecular flexibility index (Phi) is 4.59. The molecule has 0 saturated heterocycles. The van der Waals surface area contributed by atoms with Crippen LogP contribution in [0.15, 0.2) is 18.2 Å². The van der Waals surface area contributed by atoms with Crippen LogP contribution < -0.4 is 5.32 Å². The lowest BCUT2D eigenvalue weighted by molar-refractivity contribution is -0.385. The average Bonchev–Trinajstić information content (AvgIpc) is 2.25. The van der Waals surface area contributed by atoms with Gasteiger partial charge in [0.2, 0.25) is 0 Å². The summed E-state index contributed by atoms with van der Waals surface area (Å²) < 4.78 is 14.0. The Morgan fingerprint density at radius 3 is 2.75 bits per heavy atom. The van der Waals surface area contributed by atoms with Crippen molar-refractivity contribution < 1.29 is 14.1 Å². The molecule has 0 aliphatic heterocycles. The zero-order valence-electron chi connectivity index (χ0n) is 8.07. The van der Waals surface area contributed by atoms with E-state index in [9.17, 15) is 19.3 Å². The molecule has 86 valence electrons. The number of nitro groups is 1. The molecule has 0 heterocycles. The quantitative estimate of drug-likeness (QED) is 0.394. The Morgan fingerprint density at radius 2 is 2.25 bits per heavy atom. The number of alkyl halides is 1. The molecule has 1 aromatic rings. The standard InChI is InChI=1S/C9H8FIN2O3/c10-8-5-6(13(15)16)1-2-7(8)9(14)12-4-3-11/h1-2,5H,3-4H2,(H,12,14). The normalized spacial score (nSPS) is 9.88. The summed E-state index contributed by atoms with van der Waals surface area (Å²) in [7, 11) is 0. The molecule has 16 heavy (non-hydrogen) atoms. The first kappa shape index (κ1) is 12.8. The number of non-ortho nitro benzene ring substituents is 1. The number of nitro benzene ring substituents is 1. The number of benzene rings is 1. The highest BCUT2D eigenvalue weighted by atomic mass is 127. The Bertz CT molecular complexity index is 425. The molecule has 7 heteroatoms. The molecule has 0 aromatic heterocycles. The number of carbonyl (C=O) groups excluding carboxylic acids is 1. The zero-order chi connectivity index (χ0) is 12.1. The molecule has 0 atom stereocenters. The third-order valence-electron chi connectivity index (χ3n) is 1.79. The van der Waals surface area contributed by atoms with Gasteiger partial charge in [-0.25, -0.2) is 4.39 Å². The van der Waals surface area contributed by atoms with E-state index in [2.05, 4.69) is 27.9 Å². The third kappa shape index (κ3) is 3.12. The molecule has 0 fully saturated rings. The summed E-state index contributed by atoms with van der Waals surface area (Å²) in [5.74, 6) is -1.45. The molecule has 0 aliphatic carbocycles. The number of hydrogen-bond donors (Lipinski definition) is 1. The minimum absolute atomic E-state index is 0.185. The molecule has 1 N–H and O–H groups in total. The van der Waals surface area contributed by atoms with Gasteiger partial charge in [-0.15, -0.1) is 0 Å². The van der Waals surface area contributed by atoms with Gasteiger partial charge in [0.1, 0.15) is 5.82 Å². The molecule has 0 spiro atoms. The van der Waals surface area contributed by atoms with E-state index in [1.54, 1.807) is 0 Å². The lowest BCUT2D eigenvalue weighted by Crippen LogP contribution is -2.26. The molecular weight excluding hydrogens is 330 g/mol. The monoisotopic (exact) mass is 338 g/mol. The summed E-state index contributed by atoms with van der Waals surface area (Å²) in [5.41, 5.74) is -0.557. The lowest BCUT2D eigenvalue weighted by Gasteiger charge is -2.03. The maximum atomic E-state index is 13.3. The number of rotatable bonds is 4. The van der Waals surface area contributed by atoms with Gasteiger partial charge in [0.05, 0.1) is 16.6 Å². The summed E-state index contributed by atoms with van der Waals surface area (Å²) in [6.45, 7) is 0.426. The van der Waals surface area contributed by atoms with E-state index in [4.69, 9.17) is 0 Å². The highest BCUT2D eigenvalue weighted by Crippen LogP contribution is 2.16. The summed E-state index contributed by atoms with van der Waals surface area (Å²) >= 11 is 2.07. The number of amides is 1. The Hall–Kier alpha value is -1.25. The van der Waals surface area contributed by atoms with Gasteiger partial charge >= 0.3 is 0 Å². The van der Waals surface area contributed by atoms with Gasteiger partial charge in [0.25, 0.3) is 11.6 Å². The fourth-order valence-electron chi connectivity index (χ4n) is 1.06. The van der Waals surface area contributed by atoms with E-state index >= 15 is 0 Å². The van der Waals surface area contributed by atoms with Gasteiger partial charge in [0, 0.05) is 17.0 Å². The lowest BCUT2D eigenvalue weighted by atomic mass is 10.2. The van der Waals surface area contributed by atoms with E-state index < -0.39 is 16.6 Å². The van der Waals surface area contributed by atoms with Gasteiger partial charge in [-0.3, -0.25) is 14.9 Å². The summed E-state index contributed by atoms with van der Waals surface area (Å²) in [5, 5.41) is 12.8. The molecular formula is C9H8FIN2O3. The van der Waals surface area contributed by atoms with Crippen molar-refractivity contribution in [3.05, 3.63) is 39.7 Å². The summed E-state index contributed by atoms with van der Waals surface area (Å²) in [4.78, 5) is 21.0. The van der Waals surface area contributed by atoms with Crippen LogP contribution in [0, 0.1) is 15.9 Å². The predicted octanol–water partition coefficient (Wildman–Crippen LogP) is 1.90. The van der Waals surface area contributed by atoms with Crippen LogP contribution in [0.25, 0.3) is 0 Å². The van der Waals surface area contributed by atoms with E-state index in [1.165, 1.54) is 0 Å². The van der Waals surface area contributed by atoms with Gasteiger partial charge in [-0.05, 0) is 6.07 Å². The van der Waals surface area contributed by atoms with Crippen LogP contribution in [0.1, 0.15) is 10.4 Å². The van der Waals surface area contributed by atoms with Crippen molar-refractivity contribution >= 4 is 34.2 Å². The van der Waals surface area contributed by atoms with Crippen molar-refractivity contribution in [1.82, 2.24) is 5.32 Å². The van der Waals surface area contributed by atoms with Crippen molar-refractivity contribution in [2.75, 3.05) is 11.0 Å².